The van der Waals surface area contributed by atoms with Crippen molar-refractivity contribution in [2.24, 2.45) is 5.41 Å². The first kappa shape index (κ1) is 15.7. The number of carbonyl (C=O) groups is 1. The van der Waals surface area contributed by atoms with Gasteiger partial charge in [0, 0.05) is 5.41 Å². The van der Waals surface area contributed by atoms with Crippen LogP contribution >= 0.6 is 0 Å². The largest absolute Gasteiger partial charge is 1.00 e. The number of rotatable bonds is 3. The van der Waals surface area contributed by atoms with Crippen LogP contribution in [0.5, 0.6) is 0 Å². The molecular formula is C6H11KO4S. The molecule has 0 aromatic rings. The molecule has 0 unspecified atom stereocenters. The summed E-state index contributed by atoms with van der Waals surface area (Å²) in [5, 5.41) is 0. The van der Waals surface area contributed by atoms with E-state index in [2.05, 4.69) is 4.18 Å². The van der Waals surface area contributed by atoms with Crippen molar-refractivity contribution in [3.63, 3.8) is 0 Å². The molecule has 0 heterocycles. The molecule has 0 bridgehead atoms. The van der Waals surface area contributed by atoms with Crippen LogP contribution < -0.4 is 51.4 Å². The van der Waals surface area contributed by atoms with E-state index in [4.69, 9.17) is 0 Å². The Balaban J connectivity index is 0. The van der Waals surface area contributed by atoms with Gasteiger partial charge in [-0.15, -0.1) is 0 Å². The fourth-order valence-corrected chi connectivity index (χ4v) is 0.521. The van der Waals surface area contributed by atoms with Crippen LogP contribution in [0.2, 0.25) is 0 Å². The maximum absolute atomic E-state index is 11.0. The van der Waals surface area contributed by atoms with Gasteiger partial charge in [-0.1, -0.05) is 20.8 Å². The Hall–Kier alpha value is 1.22. The molecule has 0 rings (SSSR count). The molecule has 66 valence electrons. The van der Waals surface area contributed by atoms with Crippen LogP contribution in [0.4, 0.5) is 0 Å². The van der Waals surface area contributed by atoms with Crippen LogP contribution in [0.3, 0.4) is 0 Å². The molecule has 0 fully saturated rings. The van der Waals surface area contributed by atoms with E-state index in [9.17, 15) is 13.2 Å². The quantitative estimate of drug-likeness (QED) is 0.400. The van der Waals surface area contributed by atoms with Crippen LogP contribution in [0.15, 0.2) is 0 Å². The van der Waals surface area contributed by atoms with Crippen LogP contribution in [0.1, 0.15) is 20.8 Å². The van der Waals surface area contributed by atoms with Crippen LogP contribution in [0.25, 0.3) is 0 Å². The summed E-state index contributed by atoms with van der Waals surface area (Å²) in [5.74, 6) is -0.235. The molecule has 0 amide bonds. The predicted molar refractivity (Wildman–Crippen MR) is 39.2 cm³/mol. The third-order valence-corrected chi connectivity index (χ3v) is 1.43. The van der Waals surface area contributed by atoms with E-state index < -0.39 is 16.4 Å². The van der Waals surface area contributed by atoms with Crippen LogP contribution in [-0.4, -0.2) is 12.4 Å². The first-order chi connectivity index (χ1) is 4.84. The van der Waals surface area contributed by atoms with Gasteiger partial charge in [-0.3, -0.25) is 4.79 Å². The first-order valence-electron chi connectivity index (χ1n) is 3.10. The molecule has 0 aromatic heterocycles. The molecule has 0 aliphatic heterocycles. The Morgan fingerprint density at radius 3 is 2.00 bits per heavy atom. The molecule has 0 aliphatic carbocycles. The number of carbonyl (C=O) groups excluding carboxylic acids is 1. The molecule has 0 atom stereocenters. The van der Waals surface area contributed by atoms with E-state index in [1.165, 1.54) is 0 Å². The summed E-state index contributed by atoms with van der Waals surface area (Å²) in [6.45, 7) is 4.73. The van der Waals surface area contributed by atoms with Crippen molar-refractivity contribution in [3.05, 3.63) is 0 Å². The third kappa shape index (κ3) is 7.84. The SMILES string of the molecule is CC(C)(C)C(=O)CO[S-](=O)=O.[K+]. The molecule has 4 nitrogen and oxygen atoms in total. The second-order valence-electron chi connectivity index (χ2n) is 3.14. The van der Waals surface area contributed by atoms with Crippen molar-refractivity contribution in [1.29, 1.82) is 0 Å². The number of Topliss-reactive ketones (excluding diaryl/α,β-unsaturated/α-hetero) is 1. The van der Waals surface area contributed by atoms with Crippen molar-refractivity contribution < 1.29 is 68.8 Å². The molecular weight excluding hydrogens is 207 g/mol. The fourth-order valence-electron chi connectivity index (χ4n) is 0.318. The second-order valence-corrected chi connectivity index (χ2v) is 3.78. The first-order valence-corrected chi connectivity index (χ1v) is 4.10. The minimum absolute atomic E-state index is 0. The maximum atomic E-state index is 11.0. The number of hydrogen-bond acceptors (Lipinski definition) is 5. The van der Waals surface area contributed by atoms with Crippen molar-refractivity contribution in [1.82, 2.24) is 0 Å². The molecule has 0 aromatic carbocycles. The zero-order valence-electron chi connectivity index (χ0n) is 7.75. The average Bonchev–Trinajstić information content (AvgIpc) is 1.80. The van der Waals surface area contributed by atoms with Crippen molar-refractivity contribution in [2.75, 3.05) is 6.61 Å². The minimum atomic E-state index is -2.59. The van der Waals surface area contributed by atoms with Gasteiger partial charge in [0.2, 0.25) is 0 Å². The van der Waals surface area contributed by atoms with Gasteiger partial charge in [-0.25, -0.2) is 0 Å². The Bertz CT molecular complexity index is 208. The molecule has 0 saturated heterocycles. The van der Waals surface area contributed by atoms with Gasteiger partial charge in [-0.2, -0.15) is 0 Å². The summed E-state index contributed by atoms with van der Waals surface area (Å²) in [7, 11) is -2.59. The molecule has 6 heteroatoms. The van der Waals surface area contributed by atoms with Crippen LogP contribution in [0, 0.1) is 5.41 Å². The van der Waals surface area contributed by atoms with E-state index >= 15 is 0 Å². The molecule has 0 N–H and O–H groups in total. The topological polar surface area (TPSA) is 60.4 Å². The fraction of sp³-hybridized carbons (Fsp3) is 0.833. The Morgan fingerprint density at radius 1 is 1.33 bits per heavy atom. The van der Waals surface area contributed by atoms with Crippen molar-refractivity contribution in [3.8, 4) is 0 Å². The smallest absolute Gasteiger partial charge is 0.417 e. The molecule has 0 radical (unpaired) electrons. The summed E-state index contributed by atoms with van der Waals surface area (Å²) in [6.07, 6.45) is 0. The summed E-state index contributed by atoms with van der Waals surface area (Å²) < 4.78 is 23.8. The van der Waals surface area contributed by atoms with Crippen molar-refractivity contribution >= 4 is 16.8 Å². The number of hydrogen-bond donors (Lipinski definition) is 0. The average molecular weight is 218 g/mol. The monoisotopic (exact) mass is 218 g/mol. The van der Waals surface area contributed by atoms with Gasteiger partial charge in [0.25, 0.3) is 0 Å². The van der Waals surface area contributed by atoms with E-state index in [-0.39, 0.29) is 63.8 Å². The molecule has 12 heavy (non-hydrogen) atoms. The summed E-state index contributed by atoms with van der Waals surface area (Å²) in [5.41, 5.74) is -0.542. The summed E-state index contributed by atoms with van der Waals surface area (Å²) in [6, 6.07) is 0. The van der Waals surface area contributed by atoms with E-state index in [1.807, 2.05) is 0 Å². The normalized spacial score (nSPS) is 11.0. The van der Waals surface area contributed by atoms with Gasteiger partial charge in [-0.05, 0) is 0 Å². The molecule has 0 aliphatic rings. The van der Waals surface area contributed by atoms with Gasteiger partial charge in [0.05, 0.1) is 17.6 Å². The third-order valence-electron chi connectivity index (χ3n) is 1.12. The van der Waals surface area contributed by atoms with Crippen LogP contribution in [-0.2, 0) is 28.4 Å². The van der Waals surface area contributed by atoms with Crippen molar-refractivity contribution in [2.45, 2.75) is 20.8 Å². The Labute approximate surface area is 117 Å². The second kappa shape index (κ2) is 6.64. The zero-order valence-corrected chi connectivity index (χ0v) is 11.7. The Morgan fingerprint density at radius 2 is 1.75 bits per heavy atom. The van der Waals surface area contributed by atoms with Gasteiger partial charge in [0.15, 0.2) is 5.78 Å². The molecule has 0 spiro atoms. The predicted octanol–water partition coefficient (Wildman–Crippen LogP) is -2.15. The van der Waals surface area contributed by atoms with Gasteiger partial charge < -0.3 is 12.6 Å². The van der Waals surface area contributed by atoms with E-state index in [0.717, 1.165) is 0 Å². The van der Waals surface area contributed by atoms with E-state index in [0.29, 0.717) is 0 Å². The van der Waals surface area contributed by atoms with E-state index in [1.54, 1.807) is 20.8 Å². The summed E-state index contributed by atoms with van der Waals surface area (Å²) >= 11 is 0. The number of ketones is 1. The summed E-state index contributed by atoms with van der Waals surface area (Å²) in [4.78, 5) is 11.0. The molecule has 0 saturated carbocycles. The minimum Gasteiger partial charge on any atom is -0.417 e. The van der Waals surface area contributed by atoms with Gasteiger partial charge in [0.1, 0.15) is 0 Å². The van der Waals surface area contributed by atoms with Gasteiger partial charge >= 0.3 is 51.4 Å². The Kier molecular flexibility index (Phi) is 8.67. The zero-order chi connectivity index (χ0) is 9.07. The maximum Gasteiger partial charge on any atom is 1.00 e. The standard InChI is InChI=1S/C6H11O4S.K/c1-6(2,3)5(7)4-10-11(8)9;/h4H2,1-3H3;/q-1;+1.